The molecule has 2 nitrogen and oxygen atoms in total. The molecule has 0 amide bonds. The number of aromatic amines is 1. The lowest BCUT2D eigenvalue weighted by Gasteiger charge is -2.63. The minimum atomic E-state index is 0.0488. The Kier molecular flexibility index (Phi) is 3.55. The van der Waals surface area contributed by atoms with Crippen molar-refractivity contribution in [2.24, 2.45) is 10.8 Å². The molecular weight excluding hydrogens is 328 g/mol. The van der Waals surface area contributed by atoms with E-state index in [-0.39, 0.29) is 21.7 Å². The molecule has 2 aromatic heterocycles. The SMILES string of the molecule is CC1(C)c2[nH]c3ccc(-c4cccnc4)cc3c2C(C)(C)C(C)(C)C1(C)C. The summed E-state index contributed by atoms with van der Waals surface area (Å²) in [7, 11) is 0. The van der Waals surface area contributed by atoms with Crippen molar-refractivity contribution in [3.8, 4) is 11.1 Å². The third-order valence-corrected chi connectivity index (χ3v) is 8.73. The number of pyridine rings is 1. The summed E-state index contributed by atoms with van der Waals surface area (Å²) in [5.41, 5.74) is 6.90. The molecule has 0 saturated heterocycles. The quantitative estimate of drug-likeness (QED) is 0.505. The smallest absolute Gasteiger partial charge is 0.0459 e. The van der Waals surface area contributed by atoms with Gasteiger partial charge in [0.1, 0.15) is 0 Å². The summed E-state index contributed by atoms with van der Waals surface area (Å²) in [4.78, 5) is 8.12. The molecule has 3 aromatic rings. The number of H-pyrrole nitrogens is 1. The number of nitrogens with zero attached hydrogens (tertiary/aromatic N) is 1. The largest absolute Gasteiger partial charge is 0.358 e. The lowest BCUT2D eigenvalue weighted by molar-refractivity contribution is -0.0448. The minimum Gasteiger partial charge on any atom is -0.358 e. The molecule has 2 heterocycles. The van der Waals surface area contributed by atoms with Gasteiger partial charge < -0.3 is 4.98 Å². The monoisotopic (exact) mass is 360 g/mol. The fraction of sp³-hybridized carbons (Fsp3) is 0.480. The Labute approximate surface area is 163 Å². The lowest BCUT2D eigenvalue weighted by Crippen LogP contribution is -2.59. The first-order valence-corrected chi connectivity index (χ1v) is 10.00. The van der Waals surface area contributed by atoms with Crippen molar-refractivity contribution in [1.82, 2.24) is 9.97 Å². The van der Waals surface area contributed by atoms with Crippen molar-refractivity contribution in [3.05, 3.63) is 54.0 Å². The van der Waals surface area contributed by atoms with Crippen LogP contribution in [0.2, 0.25) is 0 Å². The van der Waals surface area contributed by atoms with E-state index in [9.17, 15) is 0 Å². The van der Waals surface area contributed by atoms with Crippen LogP contribution in [-0.4, -0.2) is 9.97 Å². The zero-order valence-electron chi connectivity index (χ0n) is 18.0. The van der Waals surface area contributed by atoms with Crippen LogP contribution < -0.4 is 0 Å². The van der Waals surface area contributed by atoms with Crippen molar-refractivity contribution < 1.29 is 0 Å². The molecule has 0 unspecified atom stereocenters. The van der Waals surface area contributed by atoms with Gasteiger partial charge in [0.2, 0.25) is 0 Å². The molecule has 4 rings (SSSR count). The molecule has 1 N–H and O–H groups in total. The van der Waals surface area contributed by atoms with Crippen LogP contribution in [0.1, 0.15) is 66.6 Å². The normalized spacial score (nSPS) is 21.8. The molecule has 0 radical (unpaired) electrons. The predicted octanol–water partition coefficient (Wildman–Crippen LogP) is 6.85. The summed E-state index contributed by atoms with van der Waals surface area (Å²) in [6.07, 6.45) is 3.78. The molecule has 0 aliphatic heterocycles. The Bertz CT molecular complexity index is 1020. The highest BCUT2D eigenvalue weighted by molar-refractivity contribution is 5.91. The van der Waals surface area contributed by atoms with Gasteiger partial charge in [-0.05, 0) is 45.6 Å². The summed E-state index contributed by atoms with van der Waals surface area (Å²) in [5, 5.41) is 1.35. The van der Waals surface area contributed by atoms with Gasteiger partial charge in [0.25, 0.3) is 0 Å². The molecule has 0 atom stereocenters. The second kappa shape index (κ2) is 5.25. The molecule has 0 saturated carbocycles. The zero-order chi connectivity index (χ0) is 19.8. The summed E-state index contributed by atoms with van der Waals surface area (Å²) in [5.74, 6) is 0. The van der Waals surface area contributed by atoms with Crippen LogP contribution in [0.25, 0.3) is 22.0 Å². The summed E-state index contributed by atoms with van der Waals surface area (Å²) in [6.45, 7) is 19.4. The maximum atomic E-state index is 4.30. The van der Waals surface area contributed by atoms with E-state index in [1.165, 1.54) is 33.3 Å². The van der Waals surface area contributed by atoms with E-state index in [1.807, 2.05) is 18.5 Å². The lowest BCUT2D eigenvalue weighted by atomic mass is 9.41. The Morgan fingerprint density at radius 1 is 0.778 bits per heavy atom. The van der Waals surface area contributed by atoms with E-state index < -0.39 is 0 Å². The number of nitrogens with one attached hydrogen (secondary N) is 1. The van der Waals surface area contributed by atoms with Crippen molar-refractivity contribution >= 4 is 10.9 Å². The van der Waals surface area contributed by atoms with Crippen LogP contribution in [-0.2, 0) is 10.8 Å². The van der Waals surface area contributed by atoms with Crippen molar-refractivity contribution in [2.45, 2.75) is 66.2 Å². The highest BCUT2D eigenvalue weighted by Crippen LogP contribution is 2.66. The molecule has 0 fully saturated rings. The first kappa shape index (κ1) is 18.3. The molecule has 1 aliphatic carbocycles. The van der Waals surface area contributed by atoms with Gasteiger partial charge in [0.15, 0.2) is 0 Å². The number of hydrogen-bond donors (Lipinski definition) is 1. The van der Waals surface area contributed by atoms with Gasteiger partial charge >= 0.3 is 0 Å². The molecule has 2 heteroatoms. The second-order valence-corrected chi connectivity index (χ2v) is 10.4. The number of hydrogen-bond acceptors (Lipinski definition) is 1. The van der Waals surface area contributed by atoms with Crippen LogP contribution >= 0.6 is 0 Å². The maximum absolute atomic E-state index is 4.30. The van der Waals surface area contributed by atoms with Crippen LogP contribution in [0.5, 0.6) is 0 Å². The number of benzene rings is 1. The molecule has 1 aromatic carbocycles. The Balaban J connectivity index is 2.07. The van der Waals surface area contributed by atoms with E-state index in [2.05, 4.69) is 89.6 Å². The minimum absolute atomic E-state index is 0.0488. The van der Waals surface area contributed by atoms with Gasteiger partial charge in [0.05, 0.1) is 0 Å². The highest BCUT2D eigenvalue weighted by atomic mass is 14.8. The number of rotatable bonds is 1. The van der Waals surface area contributed by atoms with Crippen molar-refractivity contribution in [2.75, 3.05) is 0 Å². The maximum Gasteiger partial charge on any atom is 0.0459 e. The van der Waals surface area contributed by atoms with Gasteiger partial charge in [-0.1, -0.05) is 67.5 Å². The third kappa shape index (κ3) is 2.10. The molecule has 0 spiro atoms. The summed E-state index contributed by atoms with van der Waals surface area (Å²) >= 11 is 0. The zero-order valence-corrected chi connectivity index (χ0v) is 18.0. The first-order valence-electron chi connectivity index (χ1n) is 10.00. The topological polar surface area (TPSA) is 28.7 Å². The van der Waals surface area contributed by atoms with E-state index in [1.54, 1.807) is 0 Å². The summed E-state index contributed by atoms with van der Waals surface area (Å²) < 4.78 is 0. The predicted molar refractivity (Wildman–Crippen MR) is 115 cm³/mol. The number of aromatic nitrogens is 2. The van der Waals surface area contributed by atoms with Gasteiger partial charge in [-0.3, -0.25) is 4.98 Å². The van der Waals surface area contributed by atoms with Gasteiger partial charge in [0, 0.05) is 40.0 Å². The molecule has 27 heavy (non-hydrogen) atoms. The first-order chi connectivity index (χ1) is 12.4. The summed E-state index contributed by atoms with van der Waals surface area (Å²) in [6, 6.07) is 10.9. The van der Waals surface area contributed by atoms with Gasteiger partial charge in [-0.15, -0.1) is 0 Å². The molecule has 1 aliphatic rings. The van der Waals surface area contributed by atoms with Crippen LogP contribution in [0.4, 0.5) is 0 Å². The van der Waals surface area contributed by atoms with Crippen LogP contribution in [0.15, 0.2) is 42.7 Å². The van der Waals surface area contributed by atoms with E-state index >= 15 is 0 Å². The van der Waals surface area contributed by atoms with Gasteiger partial charge in [-0.25, -0.2) is 0 Å². The third-order valence-electron chi connectivity index (χ3n) is 8.73. The Hall–Kier alpha value is -2.09. The highest BCUT2D eigenvalue weighted by Gasteiger charge is 2.61. The average Bonchev–Trinajstić information content (AvgIpc) is 3.01. The van der Waals surface area contributed by atoms with E-state index in [4.69, 9.17) is 0 Å². The Morgan fingerprint density at radius 2 is 1.44 bits per heavy atom. The Morgan fingerprint density at radius 3 is 2.07 bits per heavy atom. The van der Waals surface area contributed by atoms with Crippen LogP contribution in [0.3, 0.4) is 0 Å². The molecular formula is C25H32N2. The fourth-order valence-electron chi connectivity index (χ4n) is 5.21. The molecule has 0 bridgehead atoms. The second-order valence-electron chi connectivity index (χ2n) is 10.4. The fourth-order valence-corrected chi connectivity index (χ4v) is 5.21. The van der Waals surface area contributed by atoms with Crippen LogP contribution in [0, 0.1) is 10.8 Å². The van der Waals surface area contributed by atoms with Crippen molar-refractivity contribution in [3.63, 3.8) is 0 Å². The van der Waals surface area contributed by atoms with Crippen molar-refractivity contribution in [1.29, 1.82) is 0 Å². The van der Waals surface area contributed by atoms with E-state index in [0.717, 1.165) is 0 Å². The standard InChI is InChI=1S/C25H32N2/c1-22(2)20-18-14-16(17-10-9-13-26-15-17)11-12-19(18)27-21(20)23(3,4)25(7,8)24(22,5)6/h9-15,27H,1-8H3. The number of fused-ring (bicyclic) bond motifs is 3. The molecule has 142 valence electrons. The van der Waals surface area contributed by atoms with Gasteiger partial charge in [-0.2, -0.15) is 0 Å². The van der Waals surface area contributed by atoms with E-state index in [0.29, 0.717) is 0 Å². The average molecular weight is 361 g/mol.